The first kappa shape index (κ1) is 18.8. The zero-order valence-electron chi connectivity index (χ0n) is 14.5. The zero-order valence-corrected chi connectivity index (χ0v) is 15.2. The van der Waals surface area contributed by atoms with Gasteiger partial charge in [-0.25, -0.2) is 4.79 Å². The summed E-state index contributed by atoms with van der Waals surface area (Å²) in [6.45, 7) is 1.52. The standard InChI is InChI=1S/C19H21ClN2O3/c1-13(14-7-9-16(20)10-8-14)21-18(23)12-25-19(24)15-5-4-6-17(11-15)22(2)3/h4-11,13H,12H2,1-3H3,(H,21,23)/t13-/m1/s1. The number of hydrogen-bond donors (Lipinski definition) is 1. The Morgan fingerprint density at radius 1 is 1.16 bits per heavy atom. The van der Waals surface area contributed by atoms with E-state index >= 15 is 0 Å². The predicted octanol–water partition coefficient (Wildman–Crippen LogP) is 3.44. The van der Waals surface area contributed by atoms with E-state index < -0.39 is 5.97 Å². The second kappa shape index (κ2) is 8.53. The Bertz CT molecular complexity index is 745. The molecule has 25 heavy (non-hydrogen) atoms. The number of benzene rings is 2. The van der Waals surface area contributed by atoms with Crippen molar-refractivity contribution in [3.8, 4) is 0 Å². The van der Waals surface area contributed by atoms with Gasteiger partial charge in [0.1, 0.15) is 0 Å². The van der Waals surface area contributed by atoms with Gasteiger partial charge in [-0.05, 0) is 42.8 Å². The highest BCUT2D eigenvalue weighted by Crippen LogP contribution is 2.16. The van der Waals surface area contributed by atoms with Crippen molar-refractivity contribution in [3.63, 3.8) is 0 Å². The molecule has 0 aliphatic heterocycles. The van der Waals surface area contributed by atoms with Crippen LogP contribution in [0, 0.1) is 0 Å². The second-order valence-corrected chi connectivity index (χ2v) is 6.30. The molecule has 1 amide bonds. The first-order chi connectivity index (χ1) is 11.9. The molecule has 5 nitrogen and oxygen atoms in total. The summed E-state index contributed by atoms with van der Waals surface area (Å²) in [7, 11) is 3.77. The fourth-order valence-electron chi connectivity index (χ4n) is 2.24. The number of anilines is 1. The summed E-state index contributed by atoms with van der Waals surface area (Å²) in [4.78, 5) is 26.0. The molecule has 6 heteroatoms. The van der Waals surface area contributed by atoms with E-state index in [0.717, 1.165) is 11.3 Å². The minimum Gasteiger partial charge on any atom is -0.452 e. The molecule has 0 unspecified atom stereocenters. The third-order valence-electron chi connectivity index (χ3n) is 3.68. The van der Waals surface area contributed by atoms with E-state index in [-0.39, 0.29) is 18.6 Å². The average molecular weight is 361 g/mol. The van der Waals surface area contributed by atoms with Gasteiger partial charge >= 0.3 is 5.97 Å². The highest BCUT2D eigenvalue weighted by Gasteiger charge is 2.13. The Labute approximate surface area is 152 Å². The molecular formula is C19H21ClN2O3. The van der Waals surface area contributed by atoms with Gasteiger partial charge in [-0.2, -0.15) is 0 Å². The van der Waals surface area contributed by atoms with E-state index in [1.807, 2.05) is 44.1 Å². The van der Waals surface area contributed by atoms with Crippen molar-refractivity contribution < 1.29 is 14.3 Å². The SMILES string of the molecule is C[C@@H](NC(=O)COC(=O)c1cccc(N(C)C)c1)c1ccc(Cl)cc1. The topological polar surface area (TPSA) is 58.6 Å². The maximum Gasteiger partial charge on any atom is 0.338 e. The Hall–Kier alpha value is -2.53. The molecule has 0 aliphatic carbocycles. The van der Waals surface area contributed by atoms with E-state index in [0.29, 0.717) is 10.6 Å². The van der Waals surface area contributed by atoms with E-state index in [9.17, 15) is 9.59 Å². The fourth-order valence-corrected chi connectivity index (χ4v) is 2.37. The van der Waals surface area contributed by atoms with E-state index in [1.165, 1.54) is 0 Å². The van der Waals surface area contributed by atoms with Crippen molar-refractivity contribution in [2.45, 2.75) is 13.0 Å². The molecule has 2 rings (SSSR count). The van der Waals surface area contributed by atoms with Gasteiger partial charge in [0.2, 0.25) is 0 Å². The summed E-state index contributed by atoms with van der Waals surface area (Å²) in [5, 5.41) is 3.42. The molecule has 0 radical (unpaired) electrons. The molecule has 0 aliphatic rings. The van der Waals surface area contributed by atoms with Crippen molar-refractivity contribution >= 4 is 29.2 Å². The minimum atomic E-state index is -0.530. The normalized spacial score (nSPS) is 11.5. The zero-order chi connectivity index (χ0) is 18.4. The van der Waals surface area contributed by atoms with E-state index in [1.54, 1.807) is 30.3 Å². The lowest BCUT2D eigenvalue weighted by molar-refractivity contribution is -0.124. The van der Waals surface area contributed by atoms with Gasteiger partial charge in [0.15, 0.2) is 6.61 Å². The van der Waals surface area contributed by atoms with Crippen LogP contribution in [0.1, 0.15) is 28.9 Å². The van der Waals surface area contributed by atoms with Crippen LogP contribution >= 0.6 is 11.6 Å². The molecule has 1 N–H and O–H groups in total. The maximum atomic E-state index is 12.1. The fraction of sp³-hybridized carbons (Fsp3) is 0.263. The summed E-state index contributed by atoms with van der Waals surface area (Å²) in [6, 6.07) is 14.0. The maximum absolute atomic E-state index is 12.1. The molecule has 0 fully saturated rings. The molecule has 132 valence electrons. The van der Waals surface area contributed by atoms with Crippen LogP contribution in [0.4, 0.5) is 5.69 Å². The molecule has 0 saturated heterocycles. The van der Waals surface area contributed by atoms with Gasteiger partial charge in [0.25, 0.3) is 5.91 Å². The monoisotopic (exact) mass is 360 g/mol. The largest absolute Gasteiger partial charge is 0.452 e. The number of halogens is 1. The highest BCUT2D eigenvalue weighted by molar-refractivity contribution is 6.30. The van der Waals surface area contributed by atoms with Crippen molar-refractivity contribution in [1.82, 2.24) is 5.32 Å². The summed E-state index contributed by atoms with van der Waals surface area (Å²) < 4.78 is 5.09. The Balaban J connectivity index is 1.88. The number of carbonyl (C=O) groups excluding carboxylic acids is 2. The number of esters is 1. The van der Waals surface area contributed by atoms with Crippen LogP contribution in [0.25, 0.3) is 0 Å². The number of hydrogen-bond acceptors (Lipinski definition) is 4. The molecule has 0 saturated carbocycles. The lowest BCUT2D eigenvalue weighted by Gasteiger charge is -2.15. The Morgan fingerprint density at radius 3 is 2.48 bits per heavy atom. The lowest BCUT2D eigenvalue weighted by atomic mass is 10.1. The molecule has 0 aromatic heterocycles. The first-order valence-corrected chi connectivity index (χ1v) is 8.24. The van der Waals surface area contributed by atoms with Crippen LogP contribution in [0.15, 0.2) is 48.5 Å². The van der Waals surface area contributed by atoms with Gasteiger partial charge < -0.3 is 15.0 Å². The Kier molecular flexibility index (Phi) is 6.42. The summed E-state index contributed by atoms with van der Waals surface area (Å²) in [5.41, 5.74) is 2.21. The van der Waals surface area contributed by atoms with Crippen LogP contribution in [-0.2, 0) is 9.53 Å². The van der Waals surface area contributed by atoms with Gasteiger partial charge in [-0.15, -0.1) is 0 Å². The van der Waals surface area contributed by atoms with Crippen molar-refractivity contribution in [2.75, 3.05) is 25.6 Å². The quantitative estimate of drug-likeness (QED) is 0.802. The number of carbonyl (C=O) groups is 2. The van der Waals surface area contributed by atoms with Crippen molar-refractivity contribution in [1.29, 1.82) is 0 Å². The van der Waals surface area contributed by atoms with Crippen LogP contribution in [0.5, 0.6) is 0 Å². The van der Waals surface area contributed by atoms with E-state index in [4.69, 9.17) is 16.3 Å². The third kappa shape index (κ3) is 5.50. The smallest absolute Gasteiger partial charge is 0.338 e. The minimum absolute atomic E-state index is 0.208. The summed E-state index contributed by atoms with van der Waals surface area (Å²) in [5.74, 6) is -0.891. The first-order valence-electron chi connectivity index (χ1n) is 7.86. The lowest BCUT2D eigenvalue weighted by Crippen LogP contribution is -2.31. The van der Waals surface area contributed by atoms with Crippen LogP contribution in [0.3, 0.4) is 0 Å². The van der Waals surface area contributed by atoms with Crippen molar-refractivity contribution in [3.05, 3.63) is 64.7 Å². The summed E-state index contributed by atoms with van der Waals surface area (Å²) >= 11 is 5.85. The van der Waals surface area contributed by atoms with Crippen LogP contribution < -0.4 is 10.2 Å². The number of nitrogens with zero attached hydrogens (tertiary/aromatic N) is 1. The van der Waals surface area contributed by atoms with Crippen LogP contribution in [0.2, 0.25) is 5.02 Å². The van der Waals surface area contributed by atoms with Crippen molar-refractivity contribution in [2.24, 2.45) is 0 Å². The number of rotatable bonds is 6. The second-order valence-electron chi connectivity index (χ2n) is 5.86. The van der Waals surface area contributed by atoms with Gasteiger partial charge in [0, 0.05) is 24.8 Å². The van der Waals surface area contributed by atoms with Gasteiger partial charge in [-0.1, -0.05) is 29.8 Å². The van der Waals surface area contributed by atoms with Gasteiger partial charge in [0.05, 0.1) is 11.6 Å². The van der Waals surface area contributed by atoms with Crippen LogP contribution in [-0.4, -0.2) is 32.6 Å². The number of ether oxygens (including phenoxy) is 1. The molecule has 0 heterocycles. The molecule has 0 spiro atoms. The molecule has 1 atom stereocenters. The predicted molar refractivity (Wildman–Crippen MR) is 99.1 cm³/mol. The number of nitrogens with one attached hydrogen (secondary N) is 1. The summed E-state index contributed by atoms with van der Waals surface area (Å²) in [6.07, 6.45) is 0. The van der Waals surface area contributed by atoms with E-state index in [2.05, 4.69) is 5.32 Å². The molecule has 2 aromatic rings. The third-order valence-corrected chi connectivity index (χ3v) is 3.93. The molecule has 0 bridgehead atoms. The average Bonchev–Trinajstić information content (AvgIpc) is 2.60. The molecular weight excluding hydrogens is 340 g/mol. The number of amides is 1. The highest BCUT2D eigenvalue weighted by atomic mass is 35.5. The van der Waals surface area contributed by atoms with Gasteiger partial charge in [-0.3, -0.25) is 4.79 Å². The Morgan fingerprint density at radius 2 is 1.84 bits per heavy atom. The molecule has 2 aromatic carbocycles.